The Hall–Kier alpha value is -1.70. The van der Waals surface area contributed by atoms with Gasteiger partial charge < -0.3 is 25.2 Å². The lowest BCUT2D eigenvalue weighted by Gasteiger charge is -2.43. The highest BCUT2D eigenvalue weighted by molar-refractivity contribution is 5.72. The van der Waals surface area contributed by atoms with Crippen LogP contribution in [-0.2, 0) is 14.3 Å². The Morgan fingerprint density at radius 3 is 2.58 bits per heavy atom. The molecule has 2 aliphatic rings. The van der Waals surface area contributed by atoms with E-state index < -0.39 is 30.4 Å². The van der Waals surface area contributed by atoms with E-state index in [4.69, 9.17) is 9.84 Å². The standard InChI is InChI=1S/C24H38O7/c1-4-5-15(3)24(30)31-21-12-18(26)10-16-7-6-14(2)20(23(16)21)9-8-17(25)11-19(27)13-22(28)29/h6-7,10,14-15,17-21,23,25-27H,4-5,8-9,11-13H2,1-3H3,(H,28,29)/t14-,15?,17+,18+,19+,20-,21-,23-/m0/s1. The summed E-state index contributed by atoms with van der Waals surface area (Å²) in [5.74, 6) is -1.28. The van der Waals surface area contributed by atoms with Crippen LogP contribution in [0.2, 0.25) is 0 Å². The van der Waals surface area contributed by atoms with Crippen LogP contribution in [0, 0.1) is 23.7 Å². The van der Waals surface area contributed by atoms with Crippen molar-refractivity contribution in [2.24, 2.45) is 23.7 Å². The highest BCUT2D eigenvalue weighted by atomic mass is 16.5. The minimum atomic E-state index is -1.09. The molecule has 0 saturated heterocycles. The number of aliphatic hydroxyl groups excluding tert-OH is 3. The Morgan fingerprint density at radius 2 is 1.94 bits per heavy atom. The van der Waals surface area contributed by atoms with Gasteiger partial charge in [-0.15, -0.1) is 0 Å². The van der Waals surface area contributed by atoms with E-state index >= 15 is 0 Å². The highest BCUT2D eigenvalue weighted by Gasteiger charge is 2.42. The van der Waals surface area contributed by atoms with Crippen molar-refractivity contribution in [3.63, 3.8) is 0 Å². The van der Waals surface area contributed by atoms with E-state index in [0.29, 0.717) is 19.3 Å². The molecule has 7 nitrogen and oxygen atoms in total. The highest BCUT2D eigenvalue weighted by Crippen LogP contribution is 2.44. The second kappa shape index (κ2) is 11.8. The van der Waals surface area contributed by atoms with Crippen LogP contribution < -0.4 is 0 Å². The van der Waals surface area contributed by atoms with Crippen LogP contribution in [0.25, 0.3) is 0 Å². The zero-order chi connectivity index (χ0) is 23.1. The Morgan fingerprint density at radius 1 is 1.23 bits per heavy atom. The number of hydrogen-bond donors (Lipinski definition) is 4. The third-order valence-corrected chi connectivity index (χ3v) is 6.55. The molecule has 31 heavy (non-hydrogen) atoms. The molecule has 0 aromatic heterocycles. The van der Waals surface area contributed by atoms with Crippen molar-refractivity contribution >= 4 is 11.9 Å². The molecule has 7 heteroatoms. The molecule has 0 saturated carbocycles. The molecule has 0 heterocycles. The van der Waals surface area contributed by atoms with Gasteiger partial charge in [0.05, 0.1) is 30.7 Å². The first-order chi connectivity index (χ1) is 14.6. The van der Waals surface area contributed by atoms with E-state index in [9.17, 15) is 24.9 Å². The zero-order valence-electron chi connectivity index (χ0n) is 18.8. The number of carbonyl (C=O) groups excluding carboxylic acids is 1. The molecule has 176 valence electrons. The Kier molecular flexibility index (Phi) is 9.72. The first-order valence-electron chi connectivity index (χ1n) is 11.5. The van der Waals surface area contributed by atoms with Crippen molar-refractivity contribution in [1.29, 1.82) is 0 Å². The fourth-order valence-corrected chi connectivity index (χ4v) is 4.90. The maximum absolute atomic E-state index is 12.6. The summed E-state index contributed by atoms with van der Waals surface area (Å²) in [6.45, 7) is 5.98. The average molecular weight is 439 g/mol. The lowest BCUT2D eigenvalue weighted by atomic mass is 9.66. The van der Waals surface area contributed by atoms with Gasteiger partial charge in [0.1, 0.15) is 6.10 Å². The summed E-state index contributed by atoms with van der Waals surface area (Å²) < 4.78 is 5.90. The molecule has 2 aliphatic carbocycles. The Balaban J connectivity index is 2.09. The lowest BCUT2D eigenvalue weighted by molar-refractivity contribution is -0.159. The summed E-state index contributed by atoms with van der Waals surface area (Å²) in [6.07, 6.45) is 5.62. The molecule has 0 fully saturated rings. The minimum absolute atomic E-state index is 0.0161. The number of rotatable bonds is 11. The third-order valence-electron chi connectivity index (χ3n) is 6.55. The molecule has 0 amide bonds. The van der Waals surface area contributed by atoms with Crippen molar-refractivity contribution in [1.82, 2.24) is 0 Å². The number of aliphatic hydroxyl groups is 3. The number of fused-ring (bicyclic) bond motifs is 1. The van der Waals surface area contributed by atoms with Gasteiger partial charge in [-0.25, -0.2) is 0 Å². The zero-order valence-corrected chi connectivity index (χ0v) is 18.8. The molecule has 0 aliphatic heterocycles. The molecular weight excluding hydrogens is 400 g/mol. The number of esters is 1. The number of carboxylic acid groups (broad SMARTS) is 1. The molecule has 4 N–H and O–H groups in total. The van der Waals surface area contributed by atoms with Crippen LogP contribution in [-0.4, -0.2) is 56.8 Å². The summed E-state index contributed by atoms with van der Waals surface area (Å²) in [6, 6.07) is 0. The van der Waals surface area contributed by atoms with Gasteiger partial charge in [0.15, 0.2) is 0 Å². The quantitative estimate of drug-likeness (QED) is 0.366. The Bertz CT molecular complexity index is 671. The molecule has 0 aromatic carbocycles. The maximum Gasteiger partial charge on any atom is 0.308 e. The molecule has 8 atom stereocenters. The van der Waals surface area contributed by atoms with Crippen LogP contribution in [0.1, 0.15) is 65.7 Å². The second-order valence-electron chi connectivity index (χ2n) is 9.26. The molecular formula is C24H38O7. The molecule has 1 unspecified atom stereocenters. The van der Waals surface area contributed by atoms with Crippen LogP contribution in [0.15, 0.2) is 23.8 Å². The van der Waals surface area contributed by atoms with Gasteiger partial charge in [0.2, 0.25) is 0 Å². The largest absolute Gasteiger partial charge is 0.481 e. The predicted octanol–water partition coefficient (Wildman–Crippen LogP) is 2.83. The van der Waals surface area contributed by atoms with E-state index in [-0.39, 0.29) is 42.5 Å². The van der Waals surface area contributed by atoms with Crippen LogP contribution in [0.4, 0.5) is 0 Å². The SMILES string of the molecule is CCCC(C)C(=O)O[C@H]1C[C@H](O)C=C2C=C[C@H](C)[C@H](CC[C@@H](O)C[C@@H](O)CC(=O)O)[C@H]21. The van der Waals surface area contributed by atoms with Crippen LogP contribution >= 0.6 is 0 Å². The Labute approximate surface area is 184 Å². The lowest BCUT2D eigenvalue weighted by Crippen LogP contribution is -2.43. The van der Waals surface area contributed by atoms with Crippen molar-refractivity contribution in [2.45, 2.75) is 90.1 Å². The number of aliphatic carboxylic acids is 1. The topological polar surface area (TPSA) is 124 Å². The molecule has 0 radical (unpaired) electrons. The minimum Gasteiger partial charge on any atom is -0.481 e. The average Bonchev–Trinajstić information content (AvgIpc) is 2.66. The summed E-state index contributed by atoms with van der Waals surface area (Å²) in [4.78, 5) is 23.3. The van der Waals surface area contributed by atoms with Crippen molar-refractivity contribution in [3.05, 3.63) is 23.8 Å². The molecule has 0 spiro atoms. The van der Waals surface area contributed by atoms with E-state index in [1.54, 1.807) is 0 Å². The number of hydrogen-bond acceptors (Lipinski definition) is 6. The normalized spacial score (nSPS) is 30.6. The van der Waals surface area contributed by atoms with E-state index in [2.05, 4.69) is 13.0 Å². The molecule has 0 bridgehead atoms. The molecule has 2 rings (SSSR count). The van der Waals surface area contributed by atoms with Crippen molar-refractivity contribution < 1.29 is 34.8 Å². The van der Waals surface area contributed by atoms with Crippen molar-refractivity contribution in [3.8, 4) is 0 Å². The molecule has 0 aromatic rings. The number of carboxylic acids is 1. The number of ether oxygens (including phenoxy) is 1. The van der Waals surface area contributed by atoms with E-state index in [0.717, 1.165) is 18.4 Å². The van der Waals surface area contributed by atoms with E-state index in [1.165, 1.54) is 0 Å². The fraction of sp³-hybridized carbons (Fsp3) is 0.750. The second-order valence-corrected chi connectivity index (χ2v) is 9.26. The summed E-state index contributed by atoms with van der Waals surface area (Å²) in [5, 5.41) is 39.2. The third kappa shape index (κ3) is 7.44. The van der Waals surface area contributed by atoms with Crippen LogP contribution in [0.3, 0.4) is 0 Å². The van der Waals surface area contributed by atoms with Gasteiger partial charge >= 0.3 is 11.9 Å². The monoisotopic (exact) mass is 438 g/mol. The van der Waals surface area contributed by atoms with Crippen molar-refractivity contribution in [2.75, 3.05) is 0 Å². The summed E-state index contributed by atoms with van der Waals surface area (Å²) in [7, 11) is 0. The van der Waals surface area contributed by atoms with Gasteiger partial charge in [-0.05, 0) is 43.1 Å². The first kappa shape index (κ1) is 25.6. The van der Waals surface area contributed by atoms with Gasteiger partial charge in [-0.3, -0.25) is 9.59 Å². The van der Waals surface area contributed by atoms with E-state index in [1.807, 2.05) is 26.0 Å². The number of carbonyl (C=O) groups is 2. The fourth-order valence-electron chi connectivity index (χ4n) is 4.90. The number of allylic oxidation sites excluding steroid dienone is 2. The summed E-state index contributed by atoms with van der Waals surface area (Å²) >= 11 is 0. The van der Waals surface area contributed by atoms with Gasteiger partial charge in [-0.2, -0.15) is 0 Å². The van der Waals surface area contributed by atoms with Gasteiger partial charge in [0, 0.05) is 12.3 Å². The predicted molar refractivity (Wildman–Crippen MR) is 116 cm³/mol. The summed E-state index contributed by atoms with van der Waals surface area (Å²) in [5.41, 5.74) is 0.961. The van der Waals surface area contributed by atoms with Gasteiger partial charge in [-0.1, -0.05) is 45.4 Å². The van der Waals surface area contributed by atoms with Gasteiger partial charge in [0.25, 0.3) is 0 Å². The smallest absolute Gasteiger partial charge is 0.308 e. The first-order valence-corrected chi connectivity index (χ1v) is 11.5. The van der Waals surface area contributed by atoms with Crippen LogP contribution in [0.5, 0.6) is 0 Å². The maximum atomic E-state index is 12.6.